The van der Waals surface area contributed by atoms with Crippen LogP contribution >= 0.6 is 11.8 Å². The van der Waals surface area contributed by atoms with Gasteiger partial charge >= 0.3 is 0 Å². The summed E-state index contributed by atoms with van der Waals surface area (Å²) in [7, 11) is 0. The molecule has 2 heterocycles. The average molecular weight is 130 g/mol. The summed E-state index contributed by atoms with van der Waals surface area (Å²) in [6.45, 7) is 1.02. The molecule has 0 bridgehead atoms. The fraction of sp³-hybridized carbons (Fsp3) is 1.00. The summed E-state index contributed by atoms with van der Waals surface area (Å²) in [6.07, 6.45) is 1.96. The van der Waals surface area contributed by atoms with Gasteiger partial charge in [0.1, 0.15) is 0 Å². The Morgan fingerprint density at radius 3 is 3.25 bits per heavy atom. The Hall–Kier alpha value is 0.310. The summed E-state index contributed by atoms with van der Waals surface area (Å²) < 4.78 is 5.46. The first kappa shape index (κ1) is 5.12. The second kappa shape index (κ2) is 1.92. The monoisotopic (exact) mass is 130 g/mol. The van der Waals surface area contributed by atoms with Crippen molar-refractivity contribution in [1.29, 1.82) is 0 Å². The Morgan fingerprint density at radius 2 is 2.38 bits per heavy atom. The molecule has 0 aromatic carbocycles. The van der Waals surface area contributed by atoms with Crippen LogP contribution in [0, 0.1) is 5.92 Å². The van der Waals surface area contributed by atoms with E-state index < -0.39 is 0 Å². The van der Waals surface area contributed by atoms with E-state index >= 15 is 0 Å². The van der Waals surface area contributed by atoms with Crippen LogP contribution in [0.15, 0.2) is 0 Å². The highest BCUT2D eigenvalue weighted by Crippen LogP contribution is 2.33. The molecule has 0 aliphatic carbocycles. The molecule has 0 N–H and O–H groups in total. The van der Waals surface area contributed by atoms with Gasteiger partial charge in [-0.05, 0) is 18.1 Å². The highest BCUT2D eigenvalue weighted by Gasteiger charge is 2.32. The number of thioether (sulfide) groups is 1. The van der Waals surface area contributed by atoms with Crippen LogP contribution in [0.3, 0.4) is 0 Å². The molecular weight excluding hydrogens is 120 g/mol. The first-order chi connectivity index (χ1) is 3.97. The molecular formula is C6H10OS. The summed E-state index contributed by atoms with van der Waals surface area (Å²) >= 11 is 2.04. The highest BCUT2D eigenvalue weighted by atomic mass is 32.2. The zero-order valence-electron chi connectivity index (χ0n) is 4.80. The molecule has 2 unspecified atom stereocenters. The third-order valence-electron chi connectivity index (χ3n) is 1.96. The first-order valence-electron chi connectivity index (χ1n) is 3.16. The number of ether oxygens (including phenoxy) is 1. The number of rotatable bonds is 0. The standard InChI is InChI=1S/C6H10OS/c1-2-7-6-4-8-3-5(1)6/h5-6H,1-4H2. The van der Waals surface area contributed by atoms with Crippen molar-refractivity contribution in [3.8, 4) is 0 Å². The molecule has 1 nitrogen and oxygen atoms in total. The van der Waals surface area contributed by atoms with Gasteiger partial charge in [0.2, 0.25) is 0 Å². The average Bonchev–Trinajstić information content (AvgIpc) is 2.15. The van der Waals surface area contributed by atoms with E-state index in [2.05, 4.69) is 0 Å². The van der Waals surface area contributed by atoms with Crippen molar-refractivity contribution >= 4 is 11.8 Å². The van der Waals surface area contributed by atoms with Gasteiger partial charge in [0, 0.05) is 12.4 Å². The fourth-order valence-electron chi connectivity index (χ4n) is 1.40. The van der Waals surface area contributed by atoms with Crippen molar-refractivity contribution < 1.29 is 4.74 Å². The van der Waals surface area contributed by atoms with Crippen molar-refractivity contribution in [1.82, 2.24) is 0 Å². The van der Waals surface area contributed by atoms with E-state index in [1.165, 1.54) is 17.9 Å². The summed E-state index contributed by atoms with van der Waals surface area (Å²) in [4.78, 5) is 0. The topological polar surface area (TPSA) is 9.23 Å². The minimum atomic E-state index is 0.639. The lowest BCUT2D eigenvalue weighted by atomic mass is 10.1. The van der Waals surface area contributed by atoms with E-state index in [1.807, 2.05) is 11.8 Å². The number of hydrogen-bond donors (Lipinski definition) is 0. The summed E-state index contributed by atoms with van der Waals surface area (Å²) in [5.41, 5.74) is 0. The second-order valence-corrected chi connectivity index (χ2v) is 3.57. The van der Waals surface area contributed by atoms with Crippen LogP contribution in [0.4, 0.5) is 0 Å². The predicted molar refractivity (Wildman–Crippen MR) is 35.2 cm³/mol. The molecule has 2 rings (SSSR count). The Bertz CT molecular complexity index is 74.5. The Morgan fingerprint density at radius 1 is 1.38 bits per heavy atom. The maximum absolute atomic E-state index is 5.46. The van der Waals surface area contributed by atoms with Gasteiger partial charge < -0.3 is 4.74 Å². The zero-order chi connectivity index (χ0) is 5.40. The summed E-state index contributed by atoms with van der Waals surface area (Å²) in [6, 6.07) is 0. The van der Waals surface area contributed by atoms with Gasteiger partial charge in [-0.1, -0.05) is 0 Å². The molecule has 2 aliphatic heterocycles. The van der Waals surface area contributed by atoms with Crippen LogP contribution < -0.4 is 0 Å². The maximum Gasteiger partial charge on any atom is 0.0702 e. The van der Waals surface area contributed by atoms with Crippen LogP contribution in [0.2, 0.25) is 0 Å². The van der Waals surface area contributed by atoms with E-state index in [-0.39, 0.29) is 0 Å². The molecule has 0 aromatic rings. The summed E-state index contributed by atoms with van der Waals surface area (Å²) in [5, 5.41) is 0. The molecule has 0 spiro atoms. The third kappa shape index (κ3) is 0.669. The lowest BCUT2D eigenvalue weighted by Crippen LogP contribution is -2.11. The van der Waals surface area contributed by atoms with Crippen LogP contribution in [0.5, 0.6) is 0 Å². The van der Waals surface area contributed by atoms with E-state index in [1.54, 1.807) is 0 Å². The lowest BCUT2D eigenvalue weighted by molar-refractivity contribution is 0.118. The molecule has 0 aromatic heterocycles. The quantitative estimate of drug-likeness (QED) is 0.486. The largest absolute Gasteiger partial charge is 0.377 e. The van der Waals surface area contributed by atoms with Crippen LogP contribution in [-0.2, 0) is 4.74 Å². The van der Waals surface area contributed by atoms with E-state index in [4.69, 9.17) is 4.74 Å². The molecule has 2 aliphatic rings. The molecule has 46 valence electrons. The zero-order valence-corrected chi connectivity index (χ0v) is 5.62. The minimum absolute atomic E-state index is 0.639. The summed E-state index contributed by atoms with van der Waals surface area (Å²) in [5.74, 6) is 3.52. The Labute approximate surface area is 53.8 Å². The normalized spacial score (nSPS) is 45.0. The number of fused-ring (bicyclic) bond motifs is 1. The van der Waals surface area contributed by atoms with Gasteiger partial charge in [-0.25, -0.2) is 0 Å². The molecule has 8 heavy (non-hydrogen) atoms. The molecule has 2 fully saturated rings. The molecule has 2 atom stereocenters. The van der Waals surface area contributed by atoms with E-state index in [0.29, 0.717) is 6.10 Å². The maximum atomic E-state index is 5.46. The molecule has 0 amide bonds. The van der Waals surface area contributed by atoms with Gasteiger partial charge in [0.05, 0.1) is 6.10 Å². The SMILES string of the molecule is C1CC2CSCC2O1. The minimum Gasteiger partial charge on any atom is -0.377 e. The van der Waals surface area contributed by atoms with Gasteiger partial charge in [-0.2, -0.15) is 11.8 Å². The second-order valence-electron chi connectivity index (χ2n) is 2.50. The van der Waals surface area contributed by atoms with Gasteiger partial charge in [0.25, 0.3) is 0 Å². The lowest BCUT2D eigenvalue weighted by Gasteiger charge is -2.02. The van der Waals surface area contributed by atoms with Crippen molar-refractivity contribution in [3.05, 3.63) is 0 Å². The number of hydrogen-bond acceptors (Lipinski definition) is 2. The smallest absolute Gasteiger partial charge is 0.0702 e. The van der Waals surface area contributed by atoms with E-state index in [9.17, 15) is 0 Å². The van der Waals surface area contributed by atoms with Crippen molar-refractivity contribution in [3.63, 3.8) is 0 Å². The molecule has 2 saturated heterocycles. The van der Waals surface area contributed by atoms with Crippen molar-refractivity contribution in [2.45, 2.75) is 12.5 Å². The van der Waals surface area contributed by atoms with Crippen LogP contribution in [0.1, 0.15) is 6.42 Å². The van der Waals surface area contributed by atoms with E-state index in [0.717, 1.165) is 12.5 Å². The first-order valence-corrected chi connectivity index (χ1v) is 4.31. The fourth-order valence-corrected chi connectivity index (χ4v) is 2.82. The van der Waals surface area contributed by atoms with Gasteiger partial charge in [-0.3, -0.25) is 0 Å². The predicted octanol–water partition coefficient (Wildman–Crippen LogP) is 1.14. The van der Waals surface area contributed by atoms with Gasteiger partial charge in [-0.15, -0.1) is 0 Å². The van der Waals surface area contributed by atoms with Crippen LogP contribution in [-0.4, -0.2) is 24.2 Å². The third-order valence-corrected chi connectivity index (χ3v) is 3.19. The molecule has 0 radical (unpaired) electrons. The highest BCUT2D eigenvalue weighted by molar-refractivity contribution is 7.99. The van der Waals surface area contributed by atoms with Gasteiger partial charge in [0.15, 0.2) is 0 Å². The van der Waals surface area contributed by atoms with Crippen molar-refractivity contribution in [2.24, 2.45) is 5.92 Å². The van der Waals surface area contributed by atoms with Crippen LogP contribution in [0.25, 0.3) is 0 Å². The van der Waals surface area contributed by atoms with Crippen molar-refractivity contribution in [2.75, 3.05) is 18.1 Å². The molecule has 0 saturated carbocycles. The Balaban J connectivity index is 2.04. The Kier molecular flexibility index (Phi) is 1.23. The molecule has 2 heteroatoms.